The van der Waals surface area contributed by atoms with E-state index >= 15 is 0 Å². The van der Waals surface area contributed by atoms with Crippen LogP contribution in [0.4, 0.5) is 22.6 Å². The molecule has 1 aliphatic rings. The van der Waals surface area contributed by atoms with Gasteiger partial charge in [0.05, 0.1) is 17.8 Å². The van der Waals surface area contributed by atoms with Crippen molar-refractivity contribution < 1.29 is 0 Å². The number of anilines is 4. The third-order valence-corrected chi connectivity index (χ3v) is 6.42. The standard InChI is InChI=1S/C22H23N9S/c1-23-18-16-17(15-9-5-4-6-10-15)29-30(13-14-8-7-11-26-12-14)22-28-27-21(25-3)31(22)20(16)32-19(18)24-2/h4-12,23-24H,13H2,1-3H3,(H,25,27). The van der Waals surface area contributed by atoms with E-state index in [1.54, 1.807) is 17.5 Å². The topological polar surface area (TPSA) is 95.3 Å². The molecule has 3 N–H and O–H groups in total. The fourth-order valence-corrected chi connectivity index (χ4v) is 4.95. The van der Waals surface area contributed by atoms with Crippen molar-refractivity contribution in [2.75, 3.05) is 42.1 Å². The van der Waals surface area contributed by atoms with Gasteiger partial charge in [-0.05, 0) is 11.6 Å². The van der Waals surface area contributed by atoms with Crippen molar-refractivity contribution in [1.82, 2.24) is 19.7 Å². The summed E-state index contributed by atoms with van der Waals surface area (Å²) >= 11 is 1.63. The molecule has 0 amide bonds. The summed E-state index contributed by atoms with van der Waals surface area (Å²) in [6.45, 7) is 0.509. The first kappa shape index (κ1) is 20.0. The van der Waals surface area contributed by atoms with Crippen LogP contribution < -0.4 is 21.0 Å². The molecule has 4 heterocycles. The Bertz CT molecular complexity index is 1260. The second-order valence-electron chi connectivity index (χ2n) is 7.13. The van der Waals surface area contributed by atoms with Gasteiger partial charge in [0.15, 0.2) is 0 Å². The molecule has 0 spiro atoms. The Hall–Kier alpha value is -3.92. The van der Waals surface area contributed by atoms with Gasteiger partial charge in [0.1, 0.15) is 15.7 Å². The number of thiophene rings is 1. The first-order valence-electron chi connectivity index (χ1n) is 10.2. The lowest BCUT2D eigenvalue weighted by molar-refractivity contribution is 0.797. The lowest BCUT2D eigenvalue weighted by Gasteiger charge is -2.18. The molecule has 32 heavy (non-hydrogen) atoms. The first-order chi connectivity index (χ1) is 15.7. The van der Waals surface area contributed by atoms with Gasteiger partial charge in [-0.25, -0.2) is 9.58 Å². The second-order valence-corrected chi connectivity index (χ2v) is 8.13. The lowest BCUT2D eigenvalue weighted by Crippen LogP contribution is -2.20. The van der Waals surface area contributed by atoms with E-state index in [1.165, 1.54) is 0 Å². The number of rotatable bonds is 6. The summed E-state index contributed by atoms with van der Waals surface area (Å²) in [6, 6.07) is 14.2. The number of nitrogens with zero attached hydrogens (tertiary/aromatic N) is 6. The Kier molecular flexibility index (Phi) is 5.20. The highest BCUT2D eigenvalue weighted by Crippen LogP contribution is 2.45. The van der Waals surface area contributed by atoms with Crippen LogP contribution in [0.25, 0.3) is 5.00 Å². The van der Waals surface area contributed by atoms with Gasteiger partial charge in [-0.2, -0.15) is 5.10 Å². The molecule has 4 aromatic rings. The molecular weight excluding hydrogens is 422 g/mol. The van der Waals surface area contributed by atoms with Crippen molar-refractivity contribution in [1.29, 1.82) is 0 Å². The Balaban J connectivity index is 1.80. The highest BCUT2D eigenvalue weighted by atomic mass is 32.1. The average molecular weight is 446 g/mol. The van der Waals surface area contributed by atoms with Crippen LogP contribution in [0.3, 0.4) is 0 Å². The molecular formula is C22H23N9S. The highest BCUT2D eigenvalue weighted by molar-refractivity contribution is 7.19. The molecule has 0 atom stereocenters. The SMILES string of the molecule is CNc1sc2c(c1NC)C(c1ccccc1)=NN(Cc1cccnc1)c1nnc(NC)n1-2. The van der Waals surface area contributed by atoms with E-state index < -0.39 is 0 Å². The quantitative estimate of drug-likeness (QED) is 0.417. The Morgan fingerprint density at radius 3 is 2.47 bits per heavy atom. The number of hydrazone groups is 1. The smallest absolute Gasteiger partial charge is 0.254 e. The van der Waals surface area contributed by atoms with Crippen molar-refractivity contribution in [3.8, 4) is 5.00 Å². The summed E-state index contributed by atoms with van der Waals surface area (Å²) < 4.78 is 2.03. The van der Waals surface area contributed by atoms with Gasteiger partial charge >= 0.3 is 0 Å². The van der Waals surface area contributed by atoms with Gasteiger partial charge in [-0.15, -0.1) is 10.2 Å². The summed E-state index contributed by atoms with van der Waals surface area (Å²) in [5.74, 6) is 1.28. The van der Waals surface area contributed by atoms with E-state index in [0.29, 0.717) is 18.4 Å². The predicted octanol–water partition coefficient (Wildman–Crippen LogP) is 3.62. The van der Waals surface area contributed by atoms with Crippen LogP contribution in [0.1, 0.15) is 16.7 Å². The third kappa shape index (κ3) is 3.25. The van der Waals surface area contributed by atoms with Crippen LogP contribution >= 0.6 is 11.3 Å². The minimum atomic E-state index is 0.509. The molecule has 0 aliphatic carbocycles. The molecule has 9 nitrogen and oxygen atoms in total. The number of hydrogen-bond donors (Lipinski definition) is 3. The number of pyridine rings is 1. The summed E-state index contributed by atoms with van der Waals surface area (Å²) in [5, 5.41) is 27.8. The minimum Gasteiger partial charge on any atom is -0.385 e. The second kappa shape index (κ2) is 8.31. The van der Waals surface area contributed by atoms with E-state index in [2.05, 4.69) is 43.3 Å². The van der Waals surface area contributed by atoms with Crippen molar-refractivity contribution in [3.05, 3.63) is 71.5 Å². The molecule has 162 valence electrons. The summed E-state index contributed by atoms with van der Waals surface area (Å²) in [6.07, 6.45) is 3.61. The van der Waals surface area contributed by atoms with E-state index in [1.807, 2.05) is 67.2 Å². The van der Waals surface area contributed by atoms with Crippen LogP contribution in [0.5, 0.6) is 0 Å². The van der Waals surface area contributed by atoms with E-state index in [-0.39, 0.29) is 0 Å². The van der Waals surface area contributed by atoms with E-state index in [4.69, 9.17) is 5.10 Å². The fraction of sp³-hybridized carbons (Fsp3) is 0.182. The monoisotopic (exact) mass is 445 g/mol. The van der Waals surface area contributed by atoms with Gasteiger partial charge in [0.2, 0.25) is 5.95 Å². The summed E-state index contributed by atoms with van der Waals surface area (Å²) in [7, 11) is 5.69. The zero-order valence-electron chi connectivity index (χ0n) is 18.0. The van der Waals surface area contributed by atoms with Gasteiger partial charge in [0, 0.05) is 39.1 Å². The van der Waals surface area contributed by atoms with E-state index in [0.717, 1.165) is 38.1 Å². The van der Waals surface area contributed by atoms with Crippen LogP contribution in [0.15, 0.2) is 60.0 Å². The molecule has 0 saturated heterocycles. The largest absolute Gasteiger partial charge is 0.385 e. The Labute approximate surface area is 189 Å². The number of benzene rings is 1. The van der Waals surface area contributed by atoms with Gasteiger partial charge in [0.25, 0.3) is 5.95 Å². The molecule has 0 unspecified atom stereocenters. The van der Waals surface area contributed by atoms with Crippen LogP contribution in [-0.2, 0) is 6.54 Å². The summed E-state index contributed by atoms with van der Waals surface area (Å²) in [5.41, 5.74) is 4.89. The minimum absolute atomic E-state index is 0.509. The third-order valence-electron chi connectivity index (χ3n) is 5.23. The molecule has 0 radical (unpaired) electrons. The van der Waals surface area contributed by atoms with Crippen molar-refractivity contribution in [2.45, 2.75) is 6.54 Å². The van der Waals surface area contributed by atoms with Crippen LogP contribution in [-0.4, -0.2) is 46.6 Å². The maximum Gasteiger partial charge on any atom is 0.254 e. The first-order valence-corrected chi connectivity index (χ1v) is 11.0. The molecule has 3 aromatic heterocycles. The number of hydrogen-bond acceptors (Lipinski definition) is 9. The van der Waals surface area contributed by atoms with Crippen molar-refractivity contribution in [2.24, 2.45) is 5.10 Å². The van der Waals surface area contributed by atoms with E-state index in [9.17, 15) is 0 Å². The van der Waals surface area contributed by atoms with Crippen molar-refractivity contribution in [3.63, 3.8) is 0 Å². The number of aromatic nitrogens is 4. The Morgan fingerprint density at radius 1 is 0.938 bits per heavy atom. The number of nitrogens with one attached hydrogen (secondary N) is 3. The molecule has 1 aromatic carbocycles. The van der Waals surface area contributed by atoms with Gasteiger partial charge in [-0.1, -0.05) is 47.7 Å². The Morgan fingerprint density at radius 2 is 1.78 bits per heavy atom. The molecule has 5 rings (SSSR count). The maximum absolute atomic E-state index is 5.14. The lowest BCUT2D eigenvalue weighted by atomic mass is 10.0. The molecule has 10 heteroatoms. The molecule has 0 bridgehead atoms. The average Bonchev–Trinajstić information content (AvgIpc) is 3.40. The zero-order chi connectivity index (χ0) is 22.1. The van der Waals surface area contributed by atoms with Gasteiger partial charge < -0.3 is 16.0 Å². The molecule has 0 saturated carbocycles. The summed E-state index contributed by atoms with van der Waals surface area (Å²) in [4.78, 5) is 4.26. The fourth-order valence-electron chi connectivity index (χ4n) is 3.79. The number of fused-ring (bicyclic) bond motifs is 3. The highest BCUT2D eigenvalue weighted by Gasteiger charge is 2.32. The van der Waals surface area contributed by atoms with Crippen molar-refractivity contribution >= 4 is 39.6 Å². The maximum atomic E-state index is 5.14. The molecule has 0 fully saturated rings. The predicted molar refractivity (Wildman–Crippen MR) is 130 cm³/mol. The van der Waals surface area contributed by atoms with Crippen LogP contribution in [0.2, 0.25) is 0 Å². The molecule has 1 aliphatic heterocycles. The van der Waals surface area contributed by atoms with Crippen LogP contribution in [0, 0.1) is 0 Å². The zero-order valence-corrected chi connectivity index (χ0v) is 18.8. The normalized spacial score (nSPS) is 12.5. The van der Waals surface area contributed by atoms with Gasteiger partial charge in [-0.3, -0.25) is 4.98 Å².